The predicted molar refractivity (Wildman–Crippen MR) is 115 cm³/mol. The number of benzene rings is 2. The van der Waals surface area contributed by atoms with Crippen molar-refractivity contribution in [2.24, 2.45) is 4.99 Å². The van der Waals surface area contributed by atoms with Crippen LogP contribution in [-0.2, 0) is 10.0 Å². The number of aromatic hydroxyl groups is 1. The van der Waals surface area contributed by atoms with Crippen molar-refractivity contribution in [1.29, 1.82) is 0 Å². The first-order valence-corrected chi connectivity index (χ1v) is 11.0. The topological polar surface area (TPSA) is 82.4 Å². The van der Waals surface area contributed by atoms with Crippen molar-refractivity contribution < 1.29 is 18.3 Å². The number of rotatable bonds is 6. The molecule has 7 nitrogen and oxygen atoms in total. The molecule has 0 saturated carbocycles. The number of phenolic OH excluding ortho intramolecular Hbond substituents is 1. The Morgan fingerprint density at radius 1 is 1.14 bits per heavy atom. The van der Waals surface area contributed by atoms with Gasteiger partial charge in [0, 0.05) is 39.0 Å². The van der Waals surface area contributed by atoms with Gasteiger partial charge in [0.1, 0.15) is 0 Å². The molecule has 0 unspecified atom stereocenters. The highest BCUT2D eigenvalue weighted by Crippen LogP contribution is 2.33. The zero-order chi connectivity index (χ0) is 21.0. The van der Waals surface area contributed by atoms with Gasteiger partial charge in [-0.1, -0.05) is 12.5 Å². The summed E-state index contributed by atoms with van der Waals surface area (Å²) in [5.74, 6) is 0.338. The monoisotopic (exact) mass is 417 g/mol. The Bertz CT molecular complexity index is 997. The van der Waals surface area contributed by atoms with Gasteiger partial charge in [0.25, 0.3) is 0 Å². The summed E-state index contributed by atoms with van der Waals surface area (Å²) in [4.78, 5) is 6.59. The van der Waals surface area contributed by atoms with E-state index in [0.29, 0.717) is 30.1 Å². The molecule has 0 radical (unpaired) electrons. The molecule has 3 rings (SSSR count). The summed E-state index contributed by atoms with van der Waals surface area (Å²) in [7, 11) is 1.67. The van der Waals surface area contributed by atoms with E-state index in [0.717, 1.165) is 24.9 Å². The maximum atomic E-state index is 13.0. The van der Waals surface area contributed by atoms with Crippen LogP contribution in [-0.4, -0.2) is 58.3 Å². The average Bonchev–Trinajstić information content (AvgIpc) is 2.73. The minimum absolute atomic E-state index is 0.0118. The maximum absolute atomic E-state index is 13.0. The second kappa shape index (κ2) is 8.84. The van der Waals surface area contributed by atoms with Crippen molar-refractivity contribution in [2.45, 2.75) is 24.2 Å². The van der Waals surface area contributed by atoms with Gasteiger partial charge in [0.15, 0.2) is 11.5 Å². The molecule has 0 atom stereocenters. The number of nitrogens with zero attached hydrogens (tertiary/aromatic N) is 3. The van der Waals surface area contributed by atoms with Gasteiger partial charge in [0.2, 0.25) is 10.0 Å². The molecule has 0 bridgehead atoms. The molecule has 1 aliphatic rings. The first-order valence-electron chi connectivity index (χ1n) is 9.56. The third-order valence-corrected chi connectivity index (χ3v) is 6.87. The van der Waals surface area contributed by atoms with Crippen molar-refractivity contribution in [3.63, 3.8) is 0 Å². The largest absolute Gasteiger partial charge is 0.504 e. The van der Waals surface area contributed by atoms with Gasteiger partial charge in [-0.15, -0.1) is 0 Å². The highest BCUT2D eigenvalue weighted by molar-refractivity contribution is 7.89. The molecule has 0 aromatic heterocycles. The molecule has 0 aliphatic carbocycles. The highest BCUT2D eigenvalue weighted by atomic mass is 32.2. The molecule has 1 saturated heterocycles. The first-order chi connectivity index (χ1) is 13.8. The van der Waals surface area contributed by atoms with E-state index >= 15 is 0 Å². The van der Waals surface area contributed by atoms with Crippen molar-refractivity contribution in [2.75, 3.05) is 39.2 Å². The molecule has 156 valence electrons. The van der Waals surface area contributed by atoms with Crippen LogP contribution in [0.2, 0.25) is 0 Å². The van der Waals surface area contributed by atoms with Gasteiger partial charge < -0.3 is 14.7 Å². The Morgan fingerprint density at radius 2 is 1.86 bits per heavy atom. The molecular weight excluding hydrogens is 390 g/mol. The van der Waals surface area contributed by atoms with E-state index in [2.05, 4.69) is 4.99 Å². The van der Waals surface area contributed by atoms with E-state index in [1.54, 1.807) is 40.7 Å². The van der Waals surface area contributed by atoms with Crippen molar-refractivity contribution in [3.8, 4) is 11.5 Å². The van der Waals surface area contributed by atoms with Crippen molar-refractivity contribution in [3.05, 3.63) is 42.0 Å². The molecule has 8 heteroatoms. The summed E-state index contributed by atoms with van der Waals surface area (Å²) in [6.45, 7) is 1.10. The number of hydrogen-bond donors (Lipinski definition) is 1. The SMILES string of the molecule is COc1cccc(C=Nc2cc(S(=O)(=O)N3CCCCC3)ccc2N(C)C)c1O. The third kappa shape index (κ3) is 4.54. The van der Waals surface area contributed by atoms with Gasteiger partial charge in [-0.05, 0) is 43.2 Å². The second-order valence-corrected chi connectivity index (χ2v) is 9.10. The highest BCUT2D eigenvalue weighted by Gasteiger charge is 2.26. The molecular formula is C21H27N3O4S. The molecule has 1 N–H and O–H groups in total. The Labute approximate surface area is 172 Å². The minimum Gasteiger partial charge on any atom is -0.504 e. The van der Waals surface area contributed by atoms with Gasteiger partial charge in [0.05, 0.1) is 23.4 Å². The summed E-state index contributed by atoms with van der Waals surface area (Å²) in [5.41, 5.74) is 1.77. The smallest absolute Gasteiger partial charge is 0.243 e. The Balaban J connectivity index is 2.00. The predicted octanol–water partition coefficient (Wildman–Crippen LogP) is 3.39. The Morgan fingerprint density at radius 3 is 2.52 bits per heavy atom. The minimum atomic E-state index is -3.56. The fraction of sp³-hybridized carbons (Fsp3) is 0.381. The Hall–Kier alpha value is -2.58. The van der Waals surface area contributed by atoms with Gasteiger partial charge >= 0.3 is 0 Å². The second-order valence-electron chi connectivity index (χ2n) is 7.17. The fourth-order valence-electron chi connectivity index (χ4n) is 3.35. The van der Waals surface area contributed by atoms with Crippen LogP contribution in [0.5, 0.6) is 11.5 Å². The van der Waals surface area contributed by atoms with E-state index in [9.17, 15) is 13.5 Å². The summed E-state index contributed by atoms with van der Waals surface area (Å²) in [5, 5.41) is 10.3. The summed E-state index contributed by atoms with van der Waals surface area (Å²) in [6, 6.07) is 10.1. The number of para-hydroxylation sites is 1. The normalized spacial score (nSPS) is 15.6. The average molecular weight is 418 g/mol. The standard InChI is InChI=1S/C21H27N3O4S/c1-23(2)19-11-10-17(29(26,27)24-12-5-4-6-13-24)14-18(19)22-15-16-8-7-9-20(28-3)21(16)25/h7-11,14-15,25H,4-6,12-13H2,1-3H3. The lowest BCUT2D eigenvalue weighted by atomic mass is 10.2. The van der Waals surface area contributed by atoms with Crippen molar-refractivity contribution in [1.82, 2.24) is 4.31 Å². The molecule has 1 aliphatic heterocycles. The van der Waals surface area contributed by atoms with Crippen LogP contribution in [0.4, 0.5) is 11.4 Å². The quantitative estimate of drug-likeness (QED) is 0.729. The lowest BCUT2D eigenvalue weighted by Gasteiger charge is -2.26. The molecule has 2 aromatic rings. The lowest BCUT2D eigenvalue weighted by molar-refractivity contribution is 0.346. The number of hydrogen-bond acceptors (Lipinski definition) is 6. The summed E-state index contributed by atoms with van der Waals surface area (Å²) >= 11 is 0. The molecule has 1 fully saturated rings. The fourth-order valence-corrected chi connectivity index (χ4v) is 4.88. The van der Waals surface area contributed by atoms with Gasteiger partial charge in [-0.25, -0.2) is 8.42 Å². The zero-order valence-corrected chi connectivity index (χ0v) is 17.8. The van der Waals surface area contributed by atoms with E-state index in [1.807, 2.05) is 19.0 Å². The molecule has 29 heavy (non-hydrogen) atoms. The van der Waals surface area contributed by atoms with Gasteiger partial charge in [-0.2, -0.15) is 4.31 Å². The van der Waals surface area contributed by atoms with Crippen LogP contribution in [0.15, 0.2) is 46.3 Å². The number of aliphatic imine (C=N–C) groups is 1. The molecule has 2 aromatic carbocycles. The van der Waals surface area contributed by atoms with E-state index < -0.39 is 10.0 Å². The van der Waals surface area contributed by atoms with Gasteiger partial charge in [-0.3, -0.25) is 4.99 Å². The molecule has 1 heterocycles. The van der Waals surface area contributed by atoms with Crippen molar-refractivity contribution >= 4 is 27.6 Å². The number of phenols is 1. The first kappa shape index (κ1) is 21.1. The van der Waals surface area contributed by atoms with E-state index in [-0.39, 0.29) is 10.6 Å². The number of ether oxygens (including phenoxy) is 1. The maximum Gasteiger partial charge on any atom is 0.243 e. The summed E-state index contributed by atoms with van der Waals surface area (Å²) < 4.78 is 32.7. The lowest BCUT2D eigenvalue weighted by Crippen LogP contribution is -2.35. The van der Waals surface area contributed by atoms with E-state index in [4.69, 9.17) is 4.74 Å². The number of sulfonamides is 1. The van der Waals surface area contributed by atoms with Crippen LogP contribution in [0, 0.1) is 0 Å². The number of anilines is 1. The number of piperidine rings is 1. The van der Waals surface area contributed by atoms with Crippen LogP contribution < -0.4 is 9.64 Å². The summed E-state index contributed by atoms with van der Waals surface area (Å²) in [6.07, 6.45) is 4.34. The molecule has 0 amide bonds. The van der Waals surface area contributed by atoms with Crippen LogP contribution >= 0.6 is 0 Å². The van der Waals surface area contributed by atoms with Crippen LogP contribution in [0.1, 0.15) is 24.8 Å². The van der Waals surface area contributed by atoms with Crippen LogP contribution in [0.3, 0.4) is 0 Å². The van der Waals surface area contributed by atoms with E-state index in [1.165, 1.54) is 13.3 Å². The Kier molecular flexibility index (Phi) is 6.44. The number of methoxy groups -OCH3 is 1. The van der Waals surface area contributed by atoms with Crippen LogP contribution in [0.25, 0.3) is 0 Å². The molecule has 0 spiro atoms. The third-order valence-electron chi connectivity index (χ3n) is 4.97. The zero-order valence-electron chi connectivity index (χ0n) is 17.0.